The van der Waals surface area contributed by atoms with E-state index in [2.05, 4.69) is 0 Å². The average Bonchev–Trinajstić information content (AvgIpc) is 2.59. The van der Waals surface area contributed by atoms with E-state index < -0.39 is 18.0 Å². The predicted octanol–water partition coefficient (Wildman–Crippen LogP) is 4.65. The molecule has 2 nitrogen and oxygen atoms in total. The maximum atomic E-state index is 12.1. The van der Waals surface area contributed by atoms with Crippen molar-refractivity contribution in [2.75, 3.05) is 0 Å². The number of aryl methyl sites for hydroxylation is 1. The van der Waals surface area contributed by atoms with Crippen LogP contribution in [0.1, 0.15) is 47.9 Å². The highest BCUT2D eigenvalue weighted by Crippen LogP contribution is 2.23. The van der Waals surface area contributed by atoms with E-state index in [0.29, 0.717) is 18.5 Å². The summed E-state index contributed by atoms with van der Waals surface area (Å²) < 4.78 is 38.1. The second kappa shape index (κ2) is 6.66. The van der Waals surface area contributed by atoms with Gasteiger partial charge < -0.3 is 4.57 Å². The van der Waals surface area contributed by atoms with E-state index in [9.17, 15) is 18.0 Å². The van der Waals surface area contributed by atoms with Gasteiger partial charge in [0, 0.05) is 29.9 Å². The second-order valence-electron chi connectivity index (χ2n) is 4.99. The summed E-state index contributed by atoms with van der Waals surface area (Å²) in [4.78, 5) is 11.9. The van der Waals surface area contributed by atoms with Crippen LogP contribution in [0.15, 0.2) is 6.07 Å². The van der Waals surface area contributed by atoms with E-state index in [-0.39, 0.29) is 12.2 Å². The second-order valence-corrected chi connectivity index (χ2v) is 5.64. The number of rotatable bonds is 6. The van der Waals surface area contributed by atoms with Gasteiger partial charge in [0.1, 0.15) is 0 Å². The number of Topliss-reactive ketones (excluding diaryl/α,β-unsaturated/α-hetero) is 1. The van der Waals surface area contributed by atoms with Crippen LogP contribution in [0.25, 0.3) is 0 Å². The van der Waals surface area contributed by atoms with Crippen LogP contribution >= 0.6 is 11.6 Å². The fourth-order valence-corrected chi connectivity index (χ4v) is 2.32. The molecule has 0 radical (unpaired) electrons. The van der Waals surface area contributed by atoms with Crippen LogP contribution < -0.4 is 0 Å². The molecular weight excluding hydrogens is 291 g/mol. The summed E-state index contributed by atoms with van der Waals surface area (Å²) in [6.07, 6.45) is -4.34. The van der Waals surface area contributed by atoms with E-state index in [1.165, 1.54) is 0 Å². The number of ketones is 1. The minimum atomic E-state index is -4.10. The van der Waals surface area contributed by atoms with Crippen molar-refractivity contribution in [3.05, 3.63) is 23.0 Å². The van der Waals surface area contributed by atoms with Crippen LogP contribution in [0.3, 0.4) is 0 Å². The molecule has 1 atom stereocenters. The largest absolute Gasteiger partial charge is 0.389 e. The third kappa shape index (κ3) is 4.54. The molecule has 0 amide bonds. The number of carbonyl (C=O) groups excluding carboxylic acids is 1. The summed E-state index contributed by atoms with van der Waals surface area (Å²) in [6.45, 7) is 5.73. The van der Waals surface area contributed by atoms with Gasteiger partial charge in [0.25, 0.3) is 0 Å². The third-order valence-corrected chi connectivity index (χ3v) is 3.49. The van der Waals surface area contributed by atoms with Crippen molar-refractivity contribution in [3.8, 4) is 0 Å². The Hall–Kier alpha value is -0.970. The summed E-state index contributed by atoms with van der Waals surface area (Å²) in [5, 5.41) is -0.603. The molecule has 6 heteroatoms. The van der Waals surface area contributed by atoms with Crippen LogP contribution in [0.4, 0.5) is 13.2 Å². The van der Waals surface area contributed by atoms with Gasteiger partial charge in [-0.3, -0.25) is 4.79 Å². The zero-order chi connectivity index (χ0) is 15.5. The number of hydrogen-bond acceptors (Lipinski definition) is 1. The molecule has 0 saturated heterocycles. The number of nitrogens with zero attached hydrogens (tertiary/aromatic N) is 1. The molecule has 0 aliphatic rings. The number of aromatic nitrogens is 1. The Labute approximate surface area is 121 Å². The highest BCUT2D eigenvalue weighted by atomic mass is 35.5. The summed E-state index contributed by atoms with van der Waals surface area (Å²) in [5.41, 5.74) is 2.20. The van der Waals surface area contributed by atoms with Crippen LogP contribution in [-0.2, 0) is 6.54 Å². The number of unbranched alkanes of at least 4 members (excludes halogenated alkanes) is 1. The first kappa shape index (κ1) is 17.1. The SMILES string of the molecule is Cc1cc(C(=O)C(C)Cl)c(C)n1CCCCC(F)(F)F. The molecular formula is C14H19ClF3NO. The first-order valence-corrected chi connectivity index (χ1v) is 6.99. The first-order chi connectivity index (χ1) is 9.13. The molecule has 114 valence electrons. The molecule has 0 bridgehead atoms. The fourth-order valence-electron chi connectivity index (χ4n) is 2.20. The van der Waals surface area contributed by atoms with E-state index in [1.54, 1.807) is 19.9 Å². The molecule has 0 N–H and O–H groups in total. The van der Waals surface area contributed by atoms with Crippen molar-refractivity contribution in [1.82, 2.24) is 4.57 Å². The molecule has 0 aromatic carbocycles. The van der Waals surface area contributed by atoms with E-state index in [0.717, 1.165) is 11.4 Å². The van der Waals surface area contributed by atoms with Crippen LogP contribution in [0.5, 0.6) is 0 Å². The van der Waals surface area contributed by atoms with Gasteiger partial charge in [-0.25, -0.2) is 0 Å². The maximum Gasteiger partial charge on any atom is 0.389 e. The summed E-state index contributed by atoms with van der Waals surface area (Å²) >= 11 is 5.79. The Morgan fingerprint density at radius 1 is 1.35 bits per heavy atom. The molecule has 1 unspecified atom stereocenters. The van der Waals surface area contributed by atoms with Gasteiger partial charge in [-0.15, -0.1) is 11.6 Å². The lowest BCUT2D eigenvalue weighted by Crippen LogP contribution is -2.12. The first-order valence-electron chi connectivity index (χ1n) is 6.55. The van der Waals surface area contributed by atoms with E-state index >= 15 is 0 Å². The van der Waals surface area contributed by atoms with E-state index in [4.69, 9.17) is 11.6 Å². The molecule has 0 saturated carbocycles. The molecule has 20 heavy (non-hydrogen) atoms. The fraction of sp³-hybridized carbons (Fsp3) is 0.643. The lowest BCUT2D eigenvalue weighted by molar-refractivity contribution is -0.135. The van der Waals surface area contributed by atoms with Gasteiger partial charge in [0.05, 0.1) is 5.38 Å². The molecule has 0 fully saturated rings. The molecule has 0 aliphatic carbocycles. The molecule has 0 aliphatic heterocycles. The monoisotopic (exact) mass is 309 g/mol. The number of halogens is 4. The van der Waals surface area contributed by atoms with E-state index in [1.807, 2.05) is 11.5 Å². The smallest absolute Gasteiger partial charge is 0.348 e. The zero-order valence-corrected chi connectivity index (χ0v) is 12.6. The van der Waals surface area contributed by atoms with Crippen molar-refractivity contribution >= 4 is 17.4 Å². The van der Waals surface area contributed by atoms with Crippen LogP contribution in [0, 0.1) is 13.8 Å². The van der Waals surface area contributed by atoms with Gasteiger partial charge >= 0.3 is 6.18 Å². The van der Waals surface area contributed by atoms with Gasteiger partial charge in [0.15, 0.2) is 5.78 Å². The van der Waals surface area contributed by atoms with Crippen LogP contribution in [0.2, 0.25) is 0 Å². The van der Waals surface area contributed by atoms with Crippen molar-refractivity contribution in [3.63, 3.8) is 0 Å². The number of hydrogen-bond donors (Lipinski definition) is 0. The lowest BCUT2D eigenvalue weighted by Gasteiger charge is -2.11. The van der Waals surface area contributed by atoms with Crippen LogP contribution in [-0.4, -0.2) is 21.9 Å². The summed E-state index contributed by atoms with van der Waals surface area (Å²) in [5.74, 6) is -0.152. The Bertz CT molecular complexity index is 477. The zero-order valence-electron chi connectivity index (χ0n) is 11.9. The van der Waals surface area contributed by atoms with Crippen molar-refractivity contribution < 1.29 is 18.0 Å². The Kier molecular flexibility index (Phi) is 5.68. The quantitative estimate of drug-likeness (QED) is 0.426. The van der Waals surface area contributed by atoms with Gasteiger partial charge in [-0.2, -0.15) is 13.2 Å². The Morgan fingerprint density at radius 3 is 2.45 bits per heavy atom. The minimum absolute atomic E-state index is 0.0930. The predicted molar refractivity (Wildman–Crippen MR) is 73.5 cm³/mol. The minimum Gasteiger partial charge on any atom is -0.348 e. The lowest BCUT2D eigenvalue weighted by atomic mass is 10.1. The Balaban J connectivity index is 2.70. The highest BCUT2D eigenvalue weighted by molar-refractivity contribution is 6.33. The molecule has 1 rings (SSSR count). The number of carbonyl (C=O) groups is 1. The van der Waals surface area contributed by atoms with Gasteiger partial charge in [0.2, 0.25) is 0 Å². The van der Waals surface area contributed by atoms with Crippen molar-refractivity contribution in [2.45, 2.75) is 58.1 Å². The van der Waals surface area contributed by atoms with Crippen molar-refractivity contribution in [2.24, 2.45) is 0 Å². The maximum absolute atomic E-state index is 12.1. The number of alkyl halides is 4. The molecule has 1 aromatic heterocycles. The Morgan fingerprint density at radius 2 is 1.95 bits per heavy atom. The van der Waals surface area contributed by atoms with Gasteiger partial charge in [-0.1, -0.05) is 0 Å². The molecule has 0 spiro atoms. The van der Waals surface area contributed by atoms with Crippen molar-refractivity contribution in [1.29, 1.82) is 0 Å². The standard InChI is InChI=1S/C14H19ClF3NO/c1-9-8-12(13(20)10(2)15)11(3)19(9)7-5-4-6-14(16,17)18/h8,10H,4-7H2,1-3H3. The highest BCUT2D eigenvalue weighted by Gasteiger charge is 2.26. The summed E-state index contributed by atoms with van der Waals surface area (Å²) in [6, 6.07) is 1.75. The topological polar surface area (TPSA) is 22.0 Å². The normalized spacial score (nSPS) is 13.6. The molecule has 1 aromatic rings. The summed E-state index contributed by atoms with van der Waals surface area (Å²) in [7, 11) is 0. The van der Waals surface area contributed by atoms with Gasteiger partial charge in [-0.05, 0) is 39.7 Å². The third-order valence-electron chi connectivity index (χ3n) is 3.29. The average molecular weight is 310 g/mol. The molecule has 1 heterocycles.